The zero-order chi connectivity index (χ0) is 12.5. The smallest absolute Gasteiger partial charge is 0.212 e. The molecule has 3 aromatic rings. The lowest BCUT2D eigenvalue weighted by Crippen LogP contribution is -1.85. The summed E-state index contributed by atoms with van der Waals surface area (Å²) in [5.74, 6) is -0.521. The molecule has 1 N–H and O–H groups in total. The molecule has 0 fully saturated rings. The van der Waals surface area contributed by atoms with Crippen molar-refractivity contribution < 1.29 is 4.39 Å². The molecular formula is C13H7FN4. The van der Waals surface area contributed by atoms with Crippen LogP contribution in [0.2, 0.25) is 0 Å². The highest BCUT2D eigenvalue weighted by Gasteiger charge is 2.06. The van der Waals surface area contributed by atoms with Gasteiger partial charge in [-0.3, -0.25) is 0 Å². The first-order valence-corrected chi connectivity index (χ1v) is 5.27. The van der Waals surface area contributed by atoms with Gasteiger partial charge in [-0.15, -0.1) is 0 Å². The number of nitrogens with zero attached hydrogens (tertiary/aromatic N) is 3. The molecule has 0 aliphatic heterocycles. The first-order valence-electron chi connectivity index (χ1n) is 5.27. The molecule has 3 heterocycles. The molecule has 0 aliphatic rings. The summed E-state index contributed by atoms with van der Waals surface area (Å²) in [7, 11) is 0. The summed E-state index contributed by atoms with van der Waals surface area (Å²) in [4.78, 5) is 10.7. The minimum atomic E-state index is -0.521. The second kappa shape index (κ2) is 3.93. The molecule has 3 aromatic heterocycles. The van der Waals surface area contributed by atoms with E-state index in [1.807, 2.05) is 6.07 Å². The summed E-state index contributed by atoms with van der Waals surface area (Å²) in [5, 5.41) is 9.71. The zero-order valence-corrected chi connectivity index (χ0v) is 9.18. The van der Waals surface area contributed by atoms with Crippen molar-refractivity contribution in [2.75, 3.05) is 0 Å². The fourth-order valence-corrected chi connectivity index (χ4v) is 1.80. The first kappa shape index (κ1) is 10.4. The molecule has 0 radical (unpaired) electrons. The normalized spacial score (nSPS) is 10.4. The molecule has 0 saturated carbocycles. The summed E-state index contributed by atoms with van der Waals surface area (Å²) in [6.07, 6.45) is 4.72. The van der Waals surface area contributed by atoms with Gasteiger partial charge in [0.25, 0.3) is 0 Å². The van der Waals surface area contributed by atoms with Gasteiger partial charge in [-0.1, -0.05) is 0 Å². The number of H-pyrrole nitrogens is 1. The van der Waals surface area contributed by atoms with Gasteiger partial charge in [0, 0.05) is 35.1 Å². The Morgan fingerprint density at radius 1 is 1.17 bits per heavy atom. The monoisotopic (exact) mass is 238 g/mol. The maximum absolute atomic E-state index is 12.7. The van der Waals surface area contributed by atoms with Gasteiger partial charge in [0.2, 0.25) is 5.95 Å². The van der Waals surface area contributed by atoms with E-state index in [0.717, 1.165) is 16.5 Å². The SMILES string of the molecule is N#Cc1c[nH]c2ncc(-c3ccc(F)nc3)cc12. The van der Waals surface area contributed by atoms with Crippen molar-refractivity contribution in [1.29, 1.82) is 5.26 Å². The van der Waals surface area contributed by atoms with Gasteiger partial charge in [0.1, 0.15) is 11.7 Å². The van der Waals surface area contributed by atoms with Crippen molar-refractivity contribution in [3.8, 4) is 17.2 Å². The standard InChI is InChI=1S/C13H7FN4/c14-12-2-1-8(5-16-12)9-3-11-10(4-15)7-18-13(11)17-6-9/h1-3,5-7H,(H,17,18). The number of hydrogen-bond acceptors (Lipinski definition) is 3. The van der Waals surface area contributed by atoms with E-state index in [-0.39, 0.29) is 0 Å². The molecule has 0 spiro atoms. The third kappa shape index (κ3) is 1.60. The van der Waals surface area contributed by atoms with E-state index >= 15 is 0 Å². The van der Waals surface area contributed by atoms with E-state index in [2.05, 4.69) is 21.0 Å². The van der Waals surface area contributed by atoms with Crippen molar-refractivity contribution >= 4 is 11.0 Å². The molecular weight excluding hydrogens is 231 g/mol. The highest BCUT2D eigenvalue weighted by atomic mass is 19.1. The average molecular weight is 238 g/mol. The lowest BCUT2D eigenvalue weighted by atomic mass is 10.1. The lowest BCUT2D eigenvalue weighted by molar-refractivity contribution is 0.584. The molecule has 0 bridgehead atoms. The van der Waals surface area contributed by atoms with Crippen molar-refractivity contribution in [1.82, 2.24) is 15.0 Å². The van der Waals surface area contributed by atoms with Crippen LogP contribution in [0.5, 0.6) is 0 Å². The van der Waals surface area contributed by atoms with E-state index < -0.39 is 5.95 Å². The Balaban J connectivity index is 2.18. The number of aromatic amines is 1. The minimum Gasteiger partial charge on any atom is -0.345 e. The average Bonchev–Trinajstić information content (AvgIpc) is 2.81. The fraction of sp³-hybridized carbons (Fsp3) is 0. The van der Waals surface area contributed by atoms with Crippen molar-refractivity contribution in [2.24, 2.45) is 0 Å². The predicted octanol–water partition coefficient (Wildman–Crippen LogP) is 2.64. The van der Waals surface area contributed by atoms with E-state index in [1.54, 1.807) is 18.5 Å². The molecule has 86 valence electrons. The molecule has 5 heteroatoms. The van der Waals surface area contributed by atoms with Crippen LogP contribution in [0.4, 0.5) is 4.39 Å². The topological polar surface area (TPSA) is 65.4 Å². The molecule has 0 saturated heterocycles. The number of nitrogens with one attached hydrogen (secondary N) is 1. The molecule has 4 nitrogen and oxygen atoms in total. The van der Waals surface area contributed by atoms with Crippen LogP contribution in [0.25, 0.3) is 22.2 Å². The Kier molecular flexibility index (Phi) is 2.27. The number of hydrogen-bond donors (Lipinski definition) is 1. The quantitative estimate of drug-likeness (QED) is 0.663. The Morgan fingerprint density at radius 2 is 2.00 bits per heavy atom. The summed E-state index contributed by atoms with van der Waals surface area (Å²) >= 11 is 0. The molecule has 0 atom stereocenters. The van der Waals surface area contributed by atoms with Gasteiger partial charge in [0.05, 0.1) is 5.56 Å². The Labute approximate surface area is 102 Å². The second-order valence-electron chi connectivity index (χ2n) is 3.80. The van der Waals surface area contributed by atoms with E-state index in [4.69, 9.17) is 5.26 Å². The third-order valence-corrected chi connectivity index (χ3v) is 2.71. The largest absolute Gasteiger partial charge is 0.345 e. The molecule has 3 rings (SSSR count). The van der Waals surface area contributed by atoms with Crippen LogP contribution in [0.3, 0.4) is 0 Å². The number of fused-ring (bicyclic) bond motifs is 1. The highest BCUT2D eigenvalue weighted by Crippen LogP contribution is 2.23. The fourth-order valence-electron chi connectivity index (χ4n) is 1.80. The van der Waals surface area contributed by atoms with Crippen molar-refractivity contribution in [3.63, 3.8) is 0 Å². The zero-order valence-electron chi connectivity index (χ0n) is 9.18. The molecule has 0 aromatic carbocycles. The summed E-state index contributed by atoms with van der Waals surface area (Å²) in [6, 6.07) is 6.85. The van der Waals surface area contributed by atoms with Gasteiger partial charge in [-0.05, 0) is 18.2 Å². The van der Waals surface area contributed by atoms with Crippen LogP contribution in [0, 0.1) is 17.3 Å². The van der Waals surface area contributed by atoms with Crippen LogP contribution in [-0.2, 0) is 0 Å². The van der Waals surface area contributed by atoms with Crippen LogP contribution in [0.15, 0.2) is 36.8 Å². The Hall–Kier alpha value is -2.74. The van der Waals surface area contributed by atoms with Crippen molar-refractivity contribution in [2.45, 2.75) is 0 Å². The van der Waals surface area contributed by atoms with Crippen LogP contribution < -0.4 is 0 Å². The van der Waals surface area contributed by atoms with E-state index in [0.29, 0.717) is 11.2 Å². The van der Waals surface area contributed by atoms with Crippen LogP contribution in [0.1, 0.15) is 5.56 Å². The highest BCUT2D eigenvalue weighted by molar-refractivity contribution is 5.86. The maximum atomic E-state index is 12.7. The first-order chi connectivity index (χ1) is 8.78. The summed E-state index contributed by atoms with van der Waals surface area (Å²) < 4.78 is 12.7. The van der Waals surface area contributed by atoms with Gasteiger partial charge in [0.15, 0.2) is 0 Å². The number of rotatable bonds is 1. The second-order valence-corrected chi connectivity index (χ2v) is 3.80. The van der Waals surface area contributed by atoms with Gasteiger partial charge in [-0.2, -0.15) is 9.65 Å². The van der Waals surface area contributed by atoms with Crippen LogP contribution in [-0.4, -0.2) is 15.0 Å². The molecule has 0 amide bonds. The summed E-state index contributed by atoms with van der Waals surface area (Å²) in [6.45, 7) is 0. The molecule has 0 aliphatic carbocycles. The van der Waals surface area contributed by atoms with E-state index in [9.17, 15) is 4.39 Å². The Morgan fingerprint density at radius 3 is 2.72 bits per heavy atom. The van der Waals surface area contributed by atoms with E-state index in [1.165, 1.54) is 12.3 Å². The lowest BCUT2D eigenvalue weighted by Gasteiger charge is -2.00. The third-order valence-electron chi connectivity index (χ3n) is 2.71. The predicted molar refractivity (Wildman–Crippen MR) is 64.0 cm³/mol. The summed E-state index contributed by atoms with van der Waals surface area (Å²) in [5.41, 5.74) is 2.75. The number of halogens is 1. The Bertz CT molecular complexity index is 753. The molecule has 0 unspecified atom stereocenters. The van der Waals surface area contributed by atoms with Gasteiger partial charge < -0.3 is 4.98 Å². The van der Waals surface area contributed by atoms with Crippen LogP contribution >= 0.6 is 0 Å². The number of pyridine rings is 2. The maximum Gasteiger partial charge on any atom is 0.212 e. The van der Waals surface area contributed by atoms with Gasteiger partial charge in [-0.25, -0.2) is 9.97 Å². The molecule has 18 heavy (non-hydrogen) atoms. The minimum absolute atomic E-state index is 0.521. The van der Waals surface area contributed by atoms with Gasteiger partial charge >= 0.3 is 0 Å². The van der Waals surface area contributed by atoms with Crippen molar-refractivity contribution in [3.05, 3.63) is 48.3 Å². The number of nitriles is 1. The number of aromatic nitrogens is 3.